The zero-order valence-corrected chi connectivity index (χ0v) is 16.0. The predicted octanol–water partition coefficient (Wildman–Crippen LogP) is 4.51. The molecule has 0 spiro atoms. The van der Waals surface area contributed by atoms with Crippen molar-refractivity contribution in [3.05, 3.63) is 68.8 Å². The number of ether oxygens (including phenoxy) is 2. The van der Waals surface area contributed by atoms with E-state index in [0.717, 1.165) is 17.5 Å². The van der Waals surface area contributed by atoms with Crippen LogP contribution in [0.3, 0.4) is 0 Å². The zero-order chi connectivity index (χ0) is 19.4. The van der Waals surface area contributed by atoms with E-state index in [0.29, 0.717) is 24.8 Å². The molecule has 6 nitrogen and oxygen atoms in total. The summed E-state index contributed by atoms with van der Waals surface area (Å²) >= 11 is 0. The average Bonchev–Trinajstić information content (AvgIpc) is 2.68. The number of benzene rings is 2. The topological polar surface area (TPSA) is 73.6 Å². The van der Waals surface area contributed by atoms with Crippen molar-refractivity contribution < 1.29 is 14.4 Å². The van der Waals surface area contributed by atoms with E-state index in [1.54, 1.807) is 6.07 Å². The van der Waals surface area contributed by atoms with Crippen molar-refractivity contribution in [2.75, 3.05) is 6.79 Å². The molecule has 0 aliphatic carbocycles. The third-order valence-electron chi connectivity index (χ3n) is 4.91. The van der Waals surface area contributed by atoms with Crippen LogP contribution in [0.25, 0.3) is 0 Å². The summed E-state index contributed by atoms with van der Waals surface area (Å²) in [5.74, 6) is 1.07. The molecule has 0 saturated carbocycles. The molecule has 0 radical (unpaired) electrons. The van der Waals surface area contributed by atoms with Gasteiger partial charge >= 0.3 is 0 Å². The number of nitro benzene ring substituents is 1. The van der Waals surface area contributed by atoms with Crippen LogP contribution in [0.2, 0.25) is 0 Å². The summed E-state index contributed by atoms with van der Waals surface area (Å²) in [5.41, 5.74) is 4.10. The molecule has 1 atom stereocenters. The van der Waals surface area contributed by atoms with Gasteiger partial charge in [0.2, 0.25) is 0 Å². The van der Waals surface area contributed by atoms with Gasteiger partial charge in [0, 0.05) is 35.8 Å². The van der Waals surface area contributed by atoms with Crippen LogP contribution in [0.5, 0.6) is 5.75 Å². The van der Waals surface area contributed by atoms with E-state index in [1.807, 2.05) is 0 Å². The lowest BCUT2D eigenvalue weighted by Gasteiger charge is -2.25. The monoisotopic (exact) mass is 370 g/mol. The molecule has 27 heavy (non-hydrogen) atoms. The van der Waals surface area contributed by atoms with Crippen LogP contribution < -0.4 is 10.1 Å². The molecular formula is C21H26N2O4. The first-order chi connectivity index (χ1) is 13.0. The Bertz CT molecular complexity index is 803. The summed E-state index contributed by atoms with van der Waals surface area (Å²) in [5, 5.41) is 14.8. The highest BCUT2D eigenvalue weighted by Gasteiger charge is 2.22. The van der Waals surface area contributed by atoms with E-state index in [2.05, 4.69) is 50.4 Å². The molecule has 2 aromatic rings. The van der Waals surface area contributed by atoms with Crippen LogP contribution >= 0.6 is 0 Å². The number of non-ortho nitro benzene ring substituents is 1. The number of nitro groups is 1. The van der Waals surface area contributed by atoms with Gasteiger partial charge in [0.05, 0.1) is 11.5 Å². The van der Waals surface area contributed by atoms with E-state index in [4.69, 9.17) is 9.47 Å². The van der Waals surface area contributed by atoms with Gasteiger partial charge in [0.15, 0.2) is 6.79 Å². The summed E-state index contributed by atoms with van der Waals surface area (Å²) < 4.78 is 10.9. The Hall–Kier alpha value is -2.44. The average molecular weight is 370 g/mol. The molecule has 3 rings (SSSR count). The van der Waals surface area contributed by atoms with Crippen LogP contribution in [0.1, 0.15) is 49.1 Å². The number of fused-ring (bicyclic) bond motifs is 1. The fraction of sp³-hybridized carbons (Fsp3) is 0.429. The van der Waals surface area contributed by atoms with Gasteiger partial charge in [-0.15, -0.1) is 0 Å². The lowest BCUT2D eigenvalue weighted by molar-refractivity contribution is -0.385. The maximum absolute atomic E-state index is 11.3. The summed E-state index contributed by atoms with van der Waals surface area (Å²) in [6.45, 7) is 7.46. The van der Waals surface area contributed by atoms with Crippen LogP contribution in [0.15, 0.2) is 36.4 Å². The van der Waals surface area contributed by atoms with Crippen LogP contribution in [-0.2, 0) is 24.3 Å². The molecule has 0 fully saturated rings. The van der Waals surface area contributed by atoms with Crippen molar-refractivity contribution in [1.29, 1.82) is 0 Å². The second-order valence-electron chi connectivity index (χ2n) is 7.16. The molecule has 6 heteroatoms. The maximum atomic E-state index is 11.3. The molecule has 0 unspecified atom stereocenters. The molecule has 1 N–H and O–H groups in total. The van der Waals surface area contributed by atoms with Crippen molar-refractivity contribution in [1.82, 2.24) is 5.32 Å². The van der Waals surface area contributed by atoms with E-state index in [9.17, 15) is 10.1 Å². The highest BCUT2D eigenvalue weighted by molar-refractivity contribution is 5.50. The molecule has 0 bridgehead atoms. The van der Waals surface area contributed by atoms with Crippen molar-refractivity contribution in [3.63, 3.8) is 0 Å². The third kappa shape index (κ3) is 4.46. The lowest BCUT2D eigenvalue weighted by Crippen LogP contribution is -2.26. The molecule has 0 aromatic heterocycles. The van der Waals surface area contributed by atoms with Gasteiger partial charge in [0.25, 0.3) is 5.69 Å². The quantitative estimate of drug-likeness (QED) is 0.573. The number of hydrogen-bond donors (Lipinski definition) is 1. The predicted molar refractivity (Wildman–Crippen MR) is 104 cm³/mol. The van der Waals surface area contributed by atoms with Crippen LogP contribution in [0.4, 0.5) is 5.69 Å². The summed E-state index contributed by atoms with van der Waals surface area (Å²) in [6.07, 6.45) is 1.01. The van der Waals surface area contributed by atoms with Crippen molar-refractivity contribution in [2.45, 2.75) is 46.4 Å². The molecule has 144 valence electrons. The summed E-state index contributed by atoms with van der Waals surface area (Å²) in [7, 11) is 0. The Balaban J connectivity index is 1.84. The van der Waals surface area contributed by atoms with E-state index in [-0.39, 0.29) is 23.4 Å². The Morgan fingerprint density at radius 1 is 1.22 bits per heavy atom. The largest absolute Gasteiger partial charge is 0.467 e. The normalized spacial score (nSPS) is 14.5. The van der Waals surface area contributed by atoms with Crippen molar-refractivity contribution in [2.24, 2.45) is 5.92 Å². The highest BCUT2D eigenvalue weighted by Crippen LogP contribution is 2.33. The molecule has 2 aromatic carbocycles. The van der Waals surface area contributed by atoms with E-state index in [1.165, 1.54) is 17.2 Å². The van der Waals surface area contributed by atoms with Gasteiger partial charge in [-0.25, -0.2) is 0 Å². The summed E-state index contributed by atoms with van der Waals surface area (Å²) in [6, 6.07) is 11.9. The zero-order valence-electron chi connectivity index (χ0n) is 16.0. The second kappa shape index (κ2) is 8.50. The van der Waals surface area contributed by atoms with Crippen LogP contribution in [-0.4, -0.2) is 11.7 Å². The first-order valence-electron chi connectivity index (χ1n) is 9.32. The highest BCUT2D eigenvalue weighted by atomic mass is 16.7. The third-order valence-corrected chi connectivity index (χ3v) is 4.91. The number of nitrogens with one attached hydrogen (secondary N) is 1. The smallest absolute Gasteiger partial charge is 0.270 e. The van der Waals surface area contributed by atoms with Gasteiger partial charge in [-0.05, 0) is 23.5 Å². The fourth-order valence-corrected chi connectivity index (χ4v) is 3.44. The molecule has 0 amide bonds. The molecule has 1 heterocycles. The molecular weight excluding hydrogens is 344 g/mol. The first-order valence-corrected chi connectivity index (χ1v) is 9.32. The Kier molecular flexibility index (Phi) is 6.08. The number of hydrogen-bond acceptors (Lipinski definition) is 5. The summed E-state index contributed by atoms with van der Waals surface area (Å²) in [4.78, 5) is 10.9. The van der Waals surface area contributed by atoms with Gasteiger partial charge in [-0.2, -0.15) is 0 Å². The first kappa shape index (κ1) is 19.3. The SMILES string of the molecule is CCc1ccc([C@H](NCc2cc([N+](=O)[O-])cc3c2OCOC3)C(C)C)cc1. The minimum atomic E-state index is -0.373. The maximum Gasteiger partial charge on any atom is 0.270 e. The molecule has 1 aliphatic rings. The second-order valence-corrected chi connectivity index (χ2v) is 7.16. The van der Waals surface area contributed by atoms with Crippen molar-refractivity contribution in [3.8, 4) is 5.75 Å². The van der Waals surface area contributed by atoms with Crippen molar-refractivity contribution >= 4 is 5.69 Å². The molecule has 1 aliphatic heterocycles. The van der Waals surface area contributed by atoms with E-state index < -0.39 is 0 Å². The Morgan fingerprint density at radius 2 is 1.96 bits per heavy atom. The lowest BCUT2D eigenvalue weighted by atomic mass is 9.94. The van der Waals surface area contributed by atoms with Crippen LogP contribution in [0, 0.1) is 16.0 Å². The Labute approximate surface area is 159 Å². The number of rotatable bonds is 7. The van der Waals surface area contributed by atoms with Gasteiger partial charge in [-0.3, -0.25) is 10.1 Å². The number of aryl methyl sites for hydroxylation is 1. The minimum Gasteiger partial charge on any atom is -0.467 e. The minimum absolute atomic E-state index is 0.0630. The standard InChI is InChI=1S/C21H26N2O4/c1-4-15-5-7-16(8-6-15)20(14(2)3)22-11-17-9-19(23(24)25)10-18-12-26-13-27-21(17)18/h5-10,14,20,22H,4,11-13H2,1-3H3/t20-/m1/s1. The molecule has 0 saturated heterocycles. The number of nitrogens with zero attached hydrogens (tertiary/aromatic N) is 1. The van der Waals surface area contributed by atoms with Gasteiger partial charge in [-0.1, -0.05) is 45.0 Å². The fourth-order valence-electron chi connectivity index (χ4n) is 3.44. The van der Waals surface area contributed by atoms with E-state index >= 15 is 0 Å². The van der Waals surface area contributed by atoms with Gasteiger partial charge < -0.3 is 14.8 Å². The Morgan fingerprint density at radius 3 is 2.59 bits per heavy atom. The van der Waals surface area contributed by atoms with Gasteiger partial charge in [0.1, 0.15) is 5.75 Å².